The fraction of sp³-hybridized carbons (Fsp3) is 0.0690. The van der Waals surface area contributed by atoms with Gasteiger partial charge < -0.3 is 14.7 Å². The molecule has 0 unspecified atom stereocenters. The smallest absolute Gasteiger partial charge is 0.178 e. The number of nitrogens with one attached hydrogen (secondary N) is 3. The van der Waals surface area contributed by atoms with Gasteiger partial charge in [-0.25, -0.2) is 14.4 Å². The zero-order valence-corrected chi connectivity index (χ0v) is 20.5. The third-order valence-electron chi connectivity index (χ3n) is 6.56. The van der Waals surface area contributed by atoms with E-state index in [2.05, 4.69) is 52.6 Å². The fourth-order valence-electron chi connectivity index (χ4n) is 4.69. The summed E-state index contributed by atoms with van der Waals surface area (Å²) < 4.78 is 21.3. The molecule has 7 aromatic rings. The lowest BCUT2D eigenvalue weighted by Crippen LogP contribution is -2.12. The van der Waals surface area contributed by atoms with Gasteiger partial charge in [0.1, 0.15) is 11.4 Å². The lowest BCUT2D eigenvalue weighted by Gasteiger charge is -2.08. The summed E-state index contributed by atoms with van der Waals surface area (Å²) in [6.45, 7) is 1.30. The van der Waals surface area contributed by atoms with Gasteiger partial charge in [-0.2, -0.15) is 5.10 Å². The quantitative estimate of drug-likeness (QED) is 0.250. The molecular weight excluding hydrogens is 495 g/mol. The minimum atomic E-state index is -0.504. The Balaban J connectivity index is 1.23. The van der Waals surface area contributed by atoms with Crippen LogP contribution >= 0.6 is 0 Å². The molecule has 0 aliphatic heterocycles. The van der Waals surface area contributed by atoms with Crippen LogP contribution in [0.25, 0.3) is 56.0 Å². The number of rotatable bonds is 7. The van der Waals surface area contributed by atoms with Crippen LogP contribution < -0.4 is 5.32 Å². The second kappa shape index (κ2) is 9.58. The van der Waals surface area contributed by atoms with Gasteiger partial charge in [0.25, 0.3) is 0 Å². The Morgan fingerprint density at radius 2 is 1.79 bits per heavy atom. The van der Waals surface area contributed by atoms with Crippen LogP contribution in [-0.2, 0) is 13.1 Å². The van der Waals surface area contributed by atoms with E-state index < -0.39 is 5.82 Å². The molecule has 0 spiro atoms. The van der Waals surface area contributed by atoms with Crippen molar-refractivity contribution in [2.45, 2.75) is 13.1 Å². The first-order valence-electron chi connectivity index (χ1n) is 12.3. The molecular formula is C29H21FN8O. The lowest BCUT2D eigenvalue weighted by atomic mass is 10.1. The number of pyridine rings is 3. The highest BCUT2D eigenvalue weighted by molar-refractivity contribution is 5.97. The second-order valence-electron chi connectivity index (χ2n) is 9.11. The molecule has 0 atom stereocenters. The maximum Gasteiger partial charge on any atom is 0.178 e. The molecule has 39 heavy (non-hydrogen) atoms. The maximum absolute atomic E-state index is 16.1. The van der Waals surface area contributed by atoms with Gasteiger partial charge in [-0.05, 0) is 29.3 Å². The van der Waals surface area contributed by atoms with Crippen LogP contribution in [0.5, 0.6) is 0 Å². The summed E-state index contributed by atoms with van der Waals surface area (Å²) in [6.07, 6.45) is 9.88. The maximum atomic E-state index is 16.1. The Morgan fingerprint density at radius 1 is 0.897 bits per heavy atom. The molecule has 6 heterocycles. The summed E-state index contributed by atoms with van der Waals surface area (Å²) in [7, 11) is 0. The van der Waals surface area contributed by atoms with Gasteiger partial charge in [0, 0.05) is 48.4 Å². The number of imidazole rings is 1. The predicted octanol–water partition coefficient (Wildman–Crippen LogP) is 5.65. The van der Waals surface area contributed by atoms with Crippen LogP contribution in [0.15, 0.2) is 90.3 Å². The number of aromatic nitrogens is 7. The van der Waals surface area contributed by atoms with Crippen LogP contribution in [0.4, 0.5) is 4.39 Å². The highest BCUT2D eigenvalue weighted by atomic mass is 19.1. The van der Waals surface area contributed by atoms with E-state index >= 15 is 4.39 Å². The zero-order chi connectivity index (χ0) is 26.2. The molecule has 7 rings (SSSR count). The Morgan fingerprint density at radius 3 is 2.67 bits per heavy atom. The summed E-state index contributed by atoms with van der Waals surface area (Å²) in [5.74, 6) is -0.108. The van der Waals surface area contributed by atoms with Gasteiger partial charge in [0.05, 0.1) is 35.1 Å². The summed E-state index contributed by atoms with van der Waals surface area (Å²) in [5.41, 5.74) is 6.64. The molecule has 0 saturated carbocycles. The normalized spacial score (nSPS) is 11.5. The molecule has 0 amide bonds. The predicted molar refractivity (Wildman–Crippen MR) is 145 cm³/mol. The van der Waals surface area contributed by atoms with Gasteiger partial charge in [-0.3, -0.25) is 15.1 Å². The molecule has 1 aromatic carbocycles. The van der Waals surface area contributed by atoms with E-state index in [0.717, 1.165) is 23.2 Å². The Hall–Kier alpha value is -5.22. The zero-order valence-electron chi connectivity index (χ0n) is 20.5. The third kappa shape index (κ3) is 4.22. The average molecular weight is 517 g/mol. The molecule has 10 heteroatoms. The summed E-state index contributed by atoms with van der Waals surface area (Å²) in [5, 5.41) is 10.9. The van der Waals surface area contributed by atoms with Crippen LogP contribution in [0.2, 0.25) is 0 Å². The van der Waals surface area contributed by atoms with E-state index in [1.54, 1.807) is 37.3 Å². The van der Waals surface area contributed by atoms with Crippen LogP contribution in [0.3, 0.4) is 0 Å². The van der Waals surface area contributed by atoms with Crippen molar-refractivity contribution in [3.05, 3.63) is 103 Å². The molecule has 0 radical (unpaired) electrons. The summed E-state index contributed by atoms with van der Waals surface area (Å²) in [6, 6.07) is 15.8. The van der Waals surface area contributed by atoms with Crippen molar-refractivity contribution < 1.29 is 8.81 Å². The van der Waals surface area contributed by atoms with Crippen molar-refractivity contribution in [3.8, 4) is 33.9 Å². The van der Waals surface area contributed by atoms with Crippen LogP contribution in [0, 0.1) is 5.82 Å². The number of benzene rings is 1. The molecule has 3 N–H and O–H groups in total. The molecule has 190 valence electrons. The van der Waals surface area contributed by atoms with Crippen molar-refractivity contribution in [2.75, 3.05) is 0 Å². The van der Waals surface area contributed by atoms with E-state index in [-0.39, 0.29) is 11.1 Å². The molecule has 0 bridgehead atoms. The van der Waals surface area contributed by atoms with Crippen molar-refractivity contribution in [1.82, 2.24) is 40.4 Å². The summed E-state index contributed by atoms with van der Waals surface area (Å²) in [4.78, 5) is 21.0. The average Bonchev–Trinajstić information content (AvgIpc) is 3.74. The van der Waals surface area contributed by atoms with Crippen LogP contribution in [-0.4, -0.2) is 35.1 Å². The van der Waals surface area contributed by atoms with Crippen LogP contribution in [0.1, 0.15) is 11.1 Å². The number of furan rings is 1. The molecule has 0 fully saturated rings. The number of H-pyrrole nitrogens is 2. The minimum absolute atomic E-state index is 0.191. The van der Waals surface area contributed by atoms with Gasteiger partial charge in [0.2, 0.25) is 0 Å². The number of nitrogens with zero attached hydrogens (tertiary/aromatic N) is 5. The monoisotopic (exact) mass is 516 g/mol. The Bertz CT molecular complexity index is 1910. The minimum Gasteiger partial charge on any atom is -0.472 e. The van der Waals surface area contributed by atoms with Crippen molar-refractivity contribution >= 4 is 22.1 Å². The highest BCUT2D eigenvalue weighted by Gasteiger charge is 2.21. The fourth-order valence-corrected chi connectivity index (χ4v) is 4.69. The Labute approximate surface area is 221 Å². The first-order chi connectivity index (χ1) is 19.2. The second-order valence-corrected chi connectivity index (χ2v) is 9.11. The molecule has 9 nitrogen and oxygen atoms in total. The number of hydrogen-bond donors (Lipinski definition) is 3. The SMILES string of the molecule is Fc1c(-c2cncc(CNCc3ccccc3)c2)ncc2[nH]nc(-c3nc4nccc(-c5ccoc5)c4[nH]3)c12. The number of fused-ring (bicyclic) bond motifs is 2. The number of halogens is 1. The standard InChI is InChI=1S/C29H21FN8O/c30-24-23-22(15-34-25(24)20-10-18(13-32-14-20)12-31-11-17-4-2-1-3-5-17)37-38-27(23)29-35-26-21(19-7-9-39-16-19)6-8-33-28(26)36-29/h1-10,13-16,31H,11-12H2,(H,37,38)(H,33,35,36). The van der Waals surface area contributed by atoms with Crippen molar-refractivity contribution in [1.29, 1.82) is 0 Å². The summed E-state index contributed by atoms with van der Waals surface area (Å²) >= 11 is 0. The largest absolute Gasteiger partial charge is 0.472 e. The van der Waals surface area contributed by atoms with E-state index in [9.17, 15) is 0 Å². The lowest BCUT2D eigenvalue weighted by molar-refractivity contribution is 0.568. The topological polar surface area (TPSA) is 121 Å². The van der Waals surface area contributed by atoms with Crippen molar-refractivity contribution in [2.24, 2.45) is 0 Å². The van der Waals surface area contributed by atoms with E-state index in [0.29, 0.717) is 40.3 Å². The van der Waals surface area contributed by atoms with Gasteiger partial charge >= 0.3 is 0 Å². The Kier molecular flexibility index (Phi) is 5.64. The van der Waals surface area contributed by atoms with Crippen molar-refractivity contribution in [3.63, 3.8) is 0 Å². The van der Waals surface area contributed by atoms with E-state index in [4.69, 9.17) is 4.42 Å². The third-order valence-corrected chi connectivity index (χ3v) is 6.56. The number of aromatic amines is 2. The van der Waals surface area contributed by atoms with E-state index in [1.807, 2.05) is 36.4 Å². The molecule has 0 aliphatic rings. The molecule has 6 aromatic heterocycles. The van der Waals surface area contributed by atoms with Gasteiger partial charge in [-0.15, -0.1) is 0 Å². The number of hydrogen-bond acceptors (Lipinski definition) is 7. The van der Waals surface area contributed by atoms with Gasteiger partial charge in [-0.1, -0.05) is 30.3 Å². The molecule has 0 saturated heterocycles. The van der Waals surface area contributed by atoms with Gasteiger partial charge in [0.15, 0.2) is 17.3 Å². The highest BCUT2D eigenvalue weighted by Crippen LogP contribution is 2.34. The first-order valence-corrected chi connectivity index (χ1v) is 12.3. The molecule has 0 aliphatic carbocycles. The van der Waals surface area contributed by atoms with E-state index in [1.165, 1.54) is 5.56 Å². The first kappa shape index (κ1) is 22.9.